The molecule has 1 aromatic carbocycles. The fourth-order valence-corrected chi connectivity index (χ4v) is 1.92. The highest BCUT2D eigenvalue weighted by Gasteiger charge is 2.51. The first-order chi connectivity index (χ1) is 8.29. The van der Waals surface area contributed by atoms with Crippen molar-refractivity contribution < 1.29 is 22.8 Å². The number of rotatable bonds is 1. The Kier molecular flexibility index (Phi) is 3.05. The molecule has 96 valence electrons. The van der Waals surface area contributed by atoms with Gasteiger partial charge < -0.3 is 4.74 Å². The summed E-state index contributed by atoms with van der Waals surface area (Å²) in [6.07, 6.45) is -6.49. The monoisotopic (exact) mass is 323 g/mol. The predicted molar refractivity (Wildman–Crippen MR) is 59.6 cm³/mol. The Morgan fingerprint density at radius 1 is 1.39 bits per heavy atom. The molecular weight excluding hydrogens is 319 g/mol. The van der Waals surface area contributed by atoms with E-state index >= 15 is 0 Å². The Balaban J connectivity index is 2.53. The number of benzene rings is 1. The molecule has 0 aromatic heterocycles. The van der Waals surface area contributed by atoms with Gasteiger partial charge in [-0.15, -0.1) is 0 Å². The average Bonchev–Trinajstić information content (AvgIpc) is 2.25. The van der Waals surface area contributed by atoms with Crippen LogP contribution in [0.4, 0.5) is 13.2 Å². The minimum atomic E-state index is -4.83. The molecule has 0 saturated carbocycles. The van der Waals surface area contributed by atoms with Crippen LogP contribution >= 0.6 is 15.9 Å². The van der Waals surface area contributed by atoms with Crippen LogP contribution in [0.1, 0.15) is 5.56 Å². The number of hydrogen-bond donors (Lipinski definition) is 0. The first-order valence-electron chi connectivity index (χ1n) is 4.68. The summed E-state index contributed by atoms with van der Waals surface area (Å²) in [5, 5.41) is 10.7. The van der Waals surface area contributed by atoms with Gasteiger partial charge in [0.05, 0.1) is 4.92 Å². The Morgan fingerprint density at radius 3 is 2.61 bits per heavy atom. The number of fused-ring (bicyclic) bond motifs is 1. The second-order valence-corrected chi connectivity index (χ2v) is 4.46. The first kappa shape index (κ1) is 12.9. The summed E-state index contributed by atoms with van der Waals surface area (Å²) in [6.45, 7) is 0. The molecule has 1 atom stereocenters. The highest BCUT2D eigenvalue weighted by atomic mass is 79.9. The van der Waals surface area contributed by atoms with E-state index in [9.17, 15) is 23.3 Å². The quantitative estimate of drug-likeness (QED) is 0.588. The van der Waals surface area contributed by atoms with Crippen LogP contribution in [0.25, 0.3) is 6.08 Å². The van der Waals surface area contributed by atoms with Crippen LogP contribution in [0.15, 0.2) is 28.4 Å². The number of ether oxygens (including phenoxy) is 1. The Hall–Kier alpha value is -1.57. The van der Waals surface area contributed by atoms with Crippen molar-refractivity contribution in [3.05, 3.63) is 44.0 Å². The van der Waals surface area contributed by atoms with E-state index in [0.717, 1.165) is 6.08 Å². The van der Waals surface area contributed by atoms with Crippen molar-refractivity contribution in [1.82, 2.24) is 0 Å². The molecule has 4 nitrogen and oxygen atoms in total. The predicted octanol–water partition coefficient (Wildman–Crippen LogP) is 3.39. The van der Waals surface area contributed by atoms with E-state index in [-0.39, 0.29) is 11.3 Å². The lowest BCUT2D eigenvalue weighted by atomic mass is 10.1. The van der Waals surface area contributed by atoms with Crippen molar-refractivity contribution in [2.75, 3.05) is 0 Å². The summed E-state index contributed by atoms with van der Waals surface area (Å²) in [6, 6.07) is 4.27. The number of halogens is 4. The molecule has 18 heavy (non-hydrogen) atoms. The molecular formula is C10H5BrF3NO3. The molecule has 1 aliphatic rings. The van der Waals surface area contributed by atoms with Gasteiger partial charge in [-0.3, -0.25) is 10.1 Å². The third kappa shape index (κ3) is 2.33. The van der Waals surface area contributed by atoms with Crippen molar-refractivity contribution in [3.63, 3.8) is 0 Å². The van der Waals surface area contributed by atoms with Crippen molar-refractivity contribution in [2.45, 2.75) is 12.3 Å². The van der Waals surface area contributed by atoms with Crippen LogP contribution in [0, 0.1) is 10.1 Å². The smallest absolute Gasteiger partial charge is 0.436 e. The molecule has 1 aliphatic heterocycles. The van der Waals surface area contributed by atoms with Crippen LogP contribution in [0.2, 0.25) is 0 Å². The van der Waals surface area contributed by atoms with E-state index in [1.54, 1.807) is 0 Å². The zero-order chi connectivity index (χ0) is 13.5. The third-order valence-electron chi connectivity index (χ3n) is 2.30. The fraction of sp³-hybridized carbons (Fsp3) is 0.200. The van der Waals surface area contributed by atoms with Gasteiger partial charge in [0.1, 0.15) is 5.75 Å². The second kappa shape index (κ2) is 4.27. The minimum Gasteiger partial charge on any atom is -0.469 e. The minimum absolute atomic E-state index is 0.0360. The van der Waals surface area contributed by atoms with E-state index in [0.29, 0.717) is 4.47 Å². The van der Waals surface area contributed by atoms with Gasteiger partial charge in [0.15, 0.2) is 0 Å². The van der Waals surface area contributed by atoms with Crippen LogP contribution in [-0.2, 0) is 0 Å². The maximum absolute atomic E-state index is 12.6. The molecule has 2 rings (SSSR count). The van der Waals surface area contributed by atoms with E-state index in [2.05, 4.69) is 20.7 Å². The van der Waals surface area contributed by atoms with Crippen molar-refractivity contribution in [3.8, 4) is 5.75 Å². The van der Waals surface area contributed by atoms with E-state index in [1.807, 2.05) is 0 Å². The van der Waals surface area contributed by atoms with E-state index in [1.165, 1.54) is 18.2 Å². The van der Waals surface area contributed by atoms with Gasteiger partial charge in [0.25, 0.3) is 11.8 Å². The standard InChI is InChI=1S/C10H5BrF3NO3/c11-6-1-2-8-5(3-6)4-7(15(16)17)9(18-8)10(12,13)14/h1-4,9H/t9-/m1/s1. The number of hydrogen-bond acceptors (Lipinski definition) is 3. The molecule has 0 aliphatic carbocycles. The van der Waals surface area contributed by atoms with E-state index in [4.69, 9.17) is 0 Å². The Labute approximate surface area is 107 Å². The lowest BCUT2D eigenvalue weighted by Gasteiger charge is -2.24. The van der Waals surface area contributed by atoms with Gasteiger partial charge in [-0.2, -0.15) is 13.2 Å². The molecule has 0 amide bonds. The Bertz CT molecular complexity index is 542. The lowest BCUT2D eigenvalue weighted by molar-refractivity contribution is -0.443. The number of nitro groups is 1. The van der Waals surface area contributed by atoms with Crippen LogP contribution in [-0.4, -0.2) is 17.2 Å². The molecule has 1 aromatic rings. The summed E-state index contributed by atoms with van der Waals surface area (Å²) in [5.74, 6) is -0.0360. The largest absolute Gasteiger partial charge is 0.469 e. The fourth-order valence-electron chi connectivity index (χ4n) is 1.54. The van der Waals surface area contributed by atoms with Gasteiger partial charge in [0.2, 0.25) is 0 Å². The van der Waals surface area contributed by atoms with Crippen LogP contribution in [0.3, 0.4) is 0 Å². The first-order valence-corrected chi connectivity index (χ1v) is 5.47. The maximum Gasteiger partial charge on any atom is 0.436 e. The van der Waals surface area contributed by atoms with Crippen LogP contribution < -0.4 is 4.74 Å². The highest BCUT2D eigenvalue weighted by molar-refractivity contribution is 9.10. The summed E-state index contributed by atoms with van der Waals surface area (Å²) in [7, 11) is 0. The molecule has 1 heterocycles. The van der Waals surface area contributed by atoms with Gasteiger partial charge in [-0.25, -0.2) is 0 Å². The summed E-state index contributed by atoms with van der Waals surface area (Å²) in [5.41, 5.74) is -0.787. The highest BCUT2D eigenvalue weighted by Crippen LogP contribution is 2.38. The SMILES string of the molecule is O=[N+]([O-])C1=Cc2cc(Br)ccc2O[C@H]1C(F)(F)F. The average molecular weight is 324 g/mol. The summed E-state index contributed by atoms with van der Waals surface area (Å²) < 4.78 is 43.2. The lowest BCUT2D eigenvalue weighted by Crippen LogP contribution is -2.40. The van der Waals surface area contributed by atoms with Gasteiger partial charge in [-0.05, 0) is 18.2 Å². The molecule has 0 radical (unpaired) electrons. The van der Waals surface area contributed by atoms with Crippen LogP contribution in [0.5, 0.6) is 5.75 Å². The third-order valence-corrected chi connectivity index (χ3v) is 2.79. The molecule has 0 unspecified atom stereocenters. The zero-order valence-electron chi connectivity index (χ0n) is 8.57. The molecule has 8 heteroatoms. The second-order valence-electron chi connectivity index (χ2n) is 3.55. The van der Waals surface area contributed by atoms with Crippen molar-refractivity contribution in [1.29, 1.82) is 0 Å². The number of nitrogens with zero attached hydrogens (tertiary/aromatic N) is 1. The Morgan fingerprint density at radius 2 is 2.06 bits per heavy atom. The summed E-state index contributed by atoms with van der Waals surface area (Å²) in [4.78, 5) is 9.57. The summed E-state index contributed by atoms with van der Waals surface area (Å²) >= 11 is 3.13. The topological polar surface area (TPSA) is 52.4 Å². The molecule has 0 bridgehead atoms. The zero-order valence-corrected chi connectivity index (χ0v) is 10.2. The van der Waals surface area contributed by atoms with Crippen molar-refractivity contribution >= 4 is 22.0 Å². The van der Waals surface area contributed by atoms with E-state index < -0.39 is 22.9 Å². The van der Waals surface area contributed by atoms with Gasteiger partial charge in [-0.1, -0.05) is 15.9 Å². The van der Waals surface area contributed by atoms with Crippen molar-refractivity contribution in [2.24, 2.45) is 0 Å². The normalized spacial score (nSPS) is 18.7. The van der Waals surface area contributed by atoms with Gasteiger partial charge >= 0.3 is 6.18 Å². The molecule has 0 N–H and O–H groups in total. The maximum atomic E-state index is 12.6. The van der Waals surface area contributed by atoms with Gasteiger partial charge in [0, 0.05) is 16.1 Å². The number of alkyl halides is 3. The molecule has 0 saturated heterocycles. The molecule has 0 fully saturated rings. The molecule has 0 spiro atoms.